The molecule has 2 amide bonds. The van der Waals surface area contributed by atoms with Crippen LogP contribution in [0.15, 0.2) is 66.7 Å². The lowest BCUT2D eigenvalue weighted by Gasteiger charge is -2.22. The molecule has 0 unspecified atom stereocenters. The summed E-state index contributed by atoms with van der Waals surface area (Å²) in [5, 5.41) is 5.53. The number of rotatable bonds is 12. The number of benzene rings is 3. The lowest BCUT2D eigenvalue weighted by Crippen LogP contribution is -2.41. The van der Waals surface area contributed by atoms with E-state index in [0.29, 0.717) is 23.7 Å². The number of hydrogen-bond acceptors (Lipinski definition) is 4. The van der Waals surface area contributed by atoms with E-state index in [-0.39, 0.29) is 11.1 Å². The average molecular weight is 497 g/mol. The molecule has 0 aliphatic heterocycles. The number of ether oxygens (including phenoxy) is 2. The molecule has 8 heteroatoms. The van der Waals surface area contributed by atoms with E-state index in [9.17, 15) is 18.4 Å². The Morgan fingerprint density at radius 2 is 1.33 bits per heavy atom. The number of amides is 2. The zero-order chi connectivity index (χ0) is 25.9. The van der Waals surface area contributed by atoms with Crippen molar-refractivity contribution < 1.29 is 27.8 Å². The van der Waals surface area contributed by atoms with Gasteiger partial charge in [-0.15, -0.1) is 0 Å². The first-order chi connectivity index (χ1) is 17.4. The van der Waals surface area contributed by atoms with Gasteiger partial charge in [0.1, 0.15) is 17.8 Å². The smallest absolute Gasteiger partial charge is 0.253 e. The second kappa shape index (κ2) is 13.2. The first-order valence-corrected chi connectivity index (χ1v) is 11.8. The molecular formula is C28H30F2N2O4. The summed E-state index contributed by atoms with van der Waals surface area (Å²) in [6, 6.07) is 15.2. The molecule has 190 valence electrons. The predicted molar refractivity (Wildman–Crippen MR) is 133 cm³/mol. The summed E-state index contributed by atoms with van der Waals surface area (Å²) < 4.78 is 38.0. The Kier molecular flexibility index (Phi) is 9.80. The van der Waals surface area contributed by atoms with Crippen molar-refractivity contribution in [2.24, 2.45) is 0 Å². The maximum absolute atomic E-state index is 13.3. The normalized spacial score (nSPS) is 10.7. The van der Waals surface area contributed by atoms with Crippen LogP contribution in [0.2, 0.25) is 0 Å². The van der Waals surface area contributed by atoms with E-state index in [2.05, 4.69) is 17.6 Å². The molecule has 0 fully saturated rings. The van der Waals surface area contributed by atoms with Gasteiger partial charge in [0, 0.05) is 11.1 Å². The number of unbranched alkanes of at least 4 members (excludes halogenated alkanes) is 3. The molecule has 0 radical (unpaired) electrons. The Morgan fingerprint density at radius 3 is 1.83 bits per heavy atom. The molecule has 6 nitrogen and oxygen atoms in total. The van der Waals surface area contributed by atoms with E-state index in [1.165, 1.54) is 55.6 Å². The minimum absolute atomic E-state index is 0.221. The molecule has 0 atom stereocenters. The SMILES string of the molecule is CCCCCCOc1cc(C(NC(=O)c2ccc(F)cc2)NC(=O)c2ccc(F)cc2)ccc1OC. The second-order valence-corrected chi connectivity index (χ2v) is 8.21. The van der Waals surface area contributed by atoms with Gasteiger partial charge in [0.2, 0.25) is 0 Å². The fraction of sp³-hybridized carbons (Fsp3) is 0.286. The van der Waals surface area contributed by atoms with Gasteiger partial charge in [-0.2, -0.15) is 0 Å². The molecule has 3 aromatic rings. The van der Waals surface area contributed by atoms with Gasteiger partial charge in [0.05, 0.1) is 13.7 Å². The second-order valence-electron chi connectivity index (χ2n) is 8.21. The molecule has 3 aromatic carbocycles. The summed E-state index contributed by atoms with van der Waals surface area (Å²) in [7, 11) is 1.53. The number of nitrogens with one attached hydrogen (secondary N) is 2. The molecule has 0 spiro atoms. The van der Waals surface area contributed by atoms with Crippen molar-refractivity contribution in [3.8, 4) is 11.5 Å². The zero-order valence-electron chi connectivity index (χ0n) is 20.4. The highest BCUT2D eigenvalue weighted by Crippen LogP contribution is 2.30. The minimum Gasteiger partial charge on any atom is -0.493 e. The number of methoxy groups -OCH3 is 1. The van der Waals surface area contributed by atoms with Crippen LogP contribution in [-0.2, 0) is 0 Å². The largest absolute Gasteiger partial charge is 0.493 e. The van der Waals surface area contributed by atoms with E-state index in [0.717, 1.165) is 25.7 Å². The molecule has 3 rings (SSSR count). The Labute approximate surface area is 209 Å². The summed E-state index contributed by atoms with van der Waals surface area (Å²) >= 11 is 0. The van der Waals surface area contributed by atoms with E-state index in [4.69, 9.17) is 9.47 Å². The lowest BCUT2D eigenvalue weighted by molar-refractivity contribution is 0.0883. The van der Waals surface area contributed by atoms with Crippen LogP contribution >= 0.6 is 0 Å². The highest BCUT2D eigenvalue weighted by molar-refractivity contribution is 5.96. The zero-order valence-corrected chi connectivity index (χ0v) is 20.4. The van der Waals surface area contributed by atoms with Gasteiger partial charge in [-0.3, -0.25) is 9.59 Å². The Bertz CT molecular complexity index is 1090. The Morgan fingerprint density at radius 1 is 0.778 bits per heavy atom. The number of carbonyl (C=O) groups excluding carboxylic acids is 2. The van der Waals surface area contributed by atoms with Crippen LogP contribution in [0.4, 0.5) is 8.78 Å². The van der Waals surface area contributed by atoms with Gasteiger partial charge in [0.25, 0.3) is 11.8 Å². The molecule has 2 N–H and O–H groups in total. The summed E-state index contributed by atoms with van der Waals surface area (Å²) in [5.74, 6) is -0.979. The minimum atomic E-state index is -0.964. The third-order valence-corrected chi connectivity index (χ3v) is 5.54. The van der Waals surface area contributed by atoms with Crippen molar-refractivity contribution in [1.82, 2.24) is 10.6 Å². The van der Waals surface area contributed by atoms with Crippen LogP contribution in [0, 0.1) is 11.6 Å². The van der Waals surface area contributed by atoms with Gasteiger partial charge in [-0.05, 0) is 72.6 Å². The third kappa shape index (κ3) is 7.53. The van der Waals surface area contributed by atoms with Gasteiger partial charge >= 0.3 is 0 Å². The molecule has 0 saturated carbocycles. The topological polar surface area (TPSA) is 76.7 Å². The summed E-state index contributed by atoms with van der Waals surface area (Å²) in [6.07, 6.45) is 3.19. The van der Waals surface area contributed by atoms with Gasteiger partial charge < -0.3 is 20.1 Å². The molecule has 0 aliphatic carbocycles. The van der Waals surface area contributed by atoms with E-state index < -0.39 is 29.6 Å². The summed E-state index contributed by atoms with van der Waals surface area (Å²) in [5.41, 5.74) is 0.974. The standard InChI is InChI=1S/C28H30F2N2O4/c1-3-4-5-6-17-36-25-18-21(11-16-24(25)35-2)26(31-27(33)19-7-12-22(29)13-8-19)32-28(34)20-9-14-23(30)15-10-20/h7-16,18,26H,3-6,17H2,1-2H3,(H,31,33)(H,32,34). The highest BCUT2D eigenvalue weighted by atomic mass is 19.1. The molecule has 0 aromatic heterocycles. The van der Waals surface area contributed by atoms with Crippen LogP contribution < -0.4 is 20.1 Å². The molecule has 36 heavy (non-hydrogen) atoms. The molecule has 0 saturated heterocycles. The van der Waals surface area contributed by atoms with Crippen molar-refractivity contribution in [1.29, 1.82) is 0 Å². The van der Waals surface area contributed by atoms with E-state index >= 15 is 0 Å². The Hall–Kier alpha value is -3.94. The first kappa shape index (κ1) is 26.7. The van der Waals surface area contributed by atoms with Crippen LogP contribution in [0.25, 0.3) is 0 Å². The predicted octanol–water partition coefficient (Wildman–Crippen LogP) is 5.79. The summed E-state index contributed by atoms with van der Waals surface area (Å²) in [4.78, 5) is 25.8. The molecule has 0 aliphatic rings. The van der Waals surface area contributed by atoms with Crippen molar-refractivity contribution in [3.63, 3.8) is 0 Å². The molecule has 0 bridgehead atoms. The first-order valence-electron chi connectivity index (χ1n) is 11.8. The van der Waals surface area contributed by atoms with Crippen LogP contribution in [0.5, 0.6) is 11.5 Å². The monoisotopic (exact) mass is 496 g/mol. The fourth-order valence-corrected chi connectivity index (χ4v) is 3.53. The van der Waals surface area contributed by atoms with Crippen molar-refractivity contribution in [2.45, 2.75) is 38.8 Å². The number of halogens is 2. The average Bonchev–Trinajstić information content (AvgIpc) is 2.88. The Balaban J connectivity index is 1.86. The van der Waals surface area contributed by atoms with Gasteiger partial charge in [-0.25, -0.2) is 8.78 Å². The number of hydrogen-bond donors (Lipinski definition) is 2. The van der Waals surface area contributed by atoms with Crippen molar-refractivity contribution >= 4 is 11.8 Å². The molecular weight excluding hydrogens is 466 g/mol. The van der Waals surface area contributed by atoms with E-state index in [1.807, 2.05) is 0 Å². The lowest BCUT2D eigenvalue weighted by atomic mass is 10.1. The fourth-order valence-electron chi connectivity index (χ4n) is 3.53. The quantitative estimate of drug-likeness (QED) is 0.246. The number of carbonyl (C=O) groups is 2. The van der Waals surface area contributed by atoms with E-state index in [1.54, 1.807) is 18.2 Å². The maximum Gasteiger partial charge on any atom is 0.253 e. The van der Waals surface area contributed by atoms with Crippen LogP contribution in [0.1, 0.15) is 65.1 Å². The van der Waals surface area contributed by atoms with Crippen LogP contribution in [0.3, 0.4) is 0 Å². The summed E-state index contributed by atoms with van der Waals surface area (Å²) in [6.45, 7) is 2.63. The molecule has 0 heterocycles. The van der Waals surface area contributed by atoms with Crippen LogP contribution in [-0.4, -0.2) is 25.5 Å². The van der Waals surface area contributed by atoms with Gasteiger partial charge in [-0.1, -0.05) is 32.3 Å². The third-order valence-electron chi connectivity index (χ3n) is 5.54. The van der Waals surface area contributed by atoms with Crippen molar-refractivity contribution in [2.75, 3.05) is 13.7 Å². The van der Waals surface area contributed by atoms with Gasteiger partial charge in [0.15, 0.2) is 11.5 Å². The maximum atomic E-state index is 13.3. The highest BCUT2D eigenvalue weighted by Gasteiger charge is 2.21. The van der Waals surface area contributed by atoms with Crippen molar-refractivity contribution in [3.05, 3.63) is 95.1 Å².